The third-order valence-corrected chi connectivity index (χ3v) is 17.2. The molecule has 0 atom stereocenters. The van der Waals surface area contributed by atoms with Crippen molar-refractivity contribution in [2.24, 2.45) is 0 Å². The van der Waals surface area contributed by atoms with E-state index in [4.69, 9.17) is 8.85 Å². The minimum Gasteiger partial charge on any atom is -0.417 e. The van der Waals surface area contributed by atoms with Gasteiger partial charge in [0.25, 0.3) is 8.32 Å². The van der Waals surface area contributed by atoms with Crippen LogP contribution in [0, 0.1) is 0 Å². The van der Waals surface area contributed by atoms with Crippen LogP contribution in [0.25, 0.3) is 0 Å². The van der Waals surface area contributed by atoms with Crippen LogP contribution >= 0.6 is 0 Å². The maximum Gasteiger partial charge on any atom is 0.261 e. The molecule has 208 valence electrons. The van der Waals surface area contributed by atoms with Crippen LogP contribution in [0.3, 0.4) is 0 Å². The summed E-state index contributed by atoms with van der Waals surface area (Å²) in [5, 5.41) is 2.99. The molecule has 0 amide bonds. The number of unbranched alkanes of at least 4 members (excludes halogenated alkanes) is 2. The van der Waals surface area contributed by atoms with Crippen molar-refractivity contribution in [1.29, 1.82) is 0 Å². The smallest absolute Gasteiger partial charge is 0.261 e. The average molecular weight is 549 g/mol. The Morgan fingerprint density at radius 2 is 1.00 bits per heavy atom. The second-order valence-electron chi connectivity index (χ2n) is 12.6. The molecule has 2 aromatic rings. The molecule has 0 aromatic heterocycles. The standard InChI is InChI=1S/C34H52O2Si2/c1-33(2,3)37(7,8)35-29-23-15-13-11-9-10-12-14-16-24-30-36-38(34(4,5)6,31-25-19-17-20-26-31)32-27-21-18-22-28-32/h9-14,17-22,25-28H,15-16,23-24,29-30H2,1-8H3/b10-9+,13-11+,14-12+. The lowest BCUT2D eigenvalue weighted by atomic mass is 10.2. The van der Waals surface area contributed by atoms with Crippen LogP contribution in [0.15, 0.2) is 97.1 Å². The average Bonchev–Trinajstić information content (AvgIpc) is 2.86. The van der Waals surface area contributed by atoms with Crippen LogP contribution in [-0.4, -0.2) is 29.8 Å². The van der Waals surface area contributed by atoms with Crippen molar-refractivity contribution in [3.8, 4) is 0 Å². The zero-order valence-corrected chi connectivity index (χ0v) is 27.3. The normalized spacial score (nSPS) is 13.8. The highest BCUT2D eigenvalue weighted by Crippen LogP contribution is 2.37. The molecule has 0 heterocycles. The van der Waals surface area contributed by atoms with Gasteiger partial charge in [-0.3, -0.25) is 0 Å². The number of hydrogen-bond acceptors (Lipinski definition) is 2. The van der Waals surface area contributed by atoms with Gasteiger partial charge in [-0.15, -0.1) is 0 Å². The van der Waals surface area contributed by atoms with Crippen molar-refractivity contribution in [3.63, 3.8) is 0 Å². The van der Waals surface area contributed by atoms with E-state index in [1.54, 1.807) is 0 Å². The summed E-state index contributed by atoms with van der Waals surface area (Å²) in [6, 6.07) is 21.8. The molecule has 0 aliphatic heterocycles. The summed E-state index contributed by atoms with van der Waals surface area (Å²) in [5.74, 6) is 0. The second kappa shape index (κ2) is 15.0. The predicted octanol–water partition coefficient (Wildman–Crippen LogP) is 8.81. The van der Waals surface area contributed by atoms with E-state index in [0.717, 1.165) is 38.9 Å². The SMILES string of the molecule is CC(C)(C)[Si](C)(C)OCCC/C=C/C=C/C=C/CCCO[Si](c1ccccc1)(c1ccccc1)C(C)(C)C. The fraction of sp³-hybridized carbons (Fsp3) is 0.471. The number of hydrogen-bond donors (Lipinski definition) is 0. The molecular weight excluding hydrogens is 497 g/mol. The molecule has 2 rings (SSSR count). The molecule has 0 radical (unpaired) electrons. The second-order valence-corrected chi connectivity index (χ2v) is 21.8. The summed E-state index contributed by atoms with van der Waals surface area (Å²) < 4.78 is 13.2. The first kappa shape index (κ1) is 32.2. The van der Waals surface area contributed by atoms with E-state index in [2.05, 4.69) is 152 Å². The molecule has 0 unspecified atom stereocenters. The van der Waals surface area contributed by atoms with Crippen LogP contribution in [0.4, 0.5) is 0 Å². The number of allylic oxidation sites excluding steroid dienone is 6. The van der Waals surface area contributed by atoms with Crippen molar-refractivity contribution >= 4 is 27.0 Å². The molecule has 0 spiro atoms. The Kier molecular flexibility index (Phi) is 12.7. The van der Waals surface area contributed by atoms with Crippen molar-refractivity contribution in [2.75, 3.05) is 13.2 Å². The lowest BCUT2D eigenvalue weighted by Gasteiger charge is -2.43. The molecule has 0 aliphatic rings. The molecule has 0 saturated heterocycles. The molecular formula is C34H52O2Si2. The van der Waals surface area contributed by atoms with E-state index in [0.29, 0.717) is 0 Å². The van der Waals surface area contributed by atoms with Gasteiger partial charge >= 0.3 is 0 Å². The van der Waals surface area contributed by atoms with Crippen molar-refractivity contribution in [1.82, 2.24) is 0 Å². The zero-order valence-electron chi connectivity index (χ0n) is 25.3. The third kappa shape index (κ3) is 9.34. The van der Waals surface area contributed by atoms with Crippen LogP contribution in [-0.2, 0) is 8.85 Å². The van der Waals surface area contributed by atoms with Crippen LogP contribution in [0.1, 0.15) is 67.2 Å². The largest absolute Gasteiger partial charge is 0.417 e. The van der Waals surface area contributed by atoms with E-state index < -0.39 is 16.6 Å². The van der Waals surface area contributed by atoms with E-state index in [1.165, 1.54) is 10.4 Å². The van der Waals surface area contributed by atoms with E-state index in [-0.39, 0.29) is 10.1 Å². The quantitative estimate of drug-likeness (QED) is 0.133. The minimum atomic E-state index is -2.42. The molecule has 0 fully saturated rings. The highest BCUT2D eigenvalue weighted by atomic mass is 28.4. The summed E-state index contributed by atoms with van der Waals surface area (Å²) in [7, 11) is -4.04. The van der Waals surface area contributed by atoms with Crippen LogP contribution in [0.5, 0.6) is 0 Å². The van der Waals surface area contributed by atoms with Gasteiger partial charge in [0.1, 0.15) is 0 Å². The van der Waals surface area contributed by atoms with Gasteiger partial charge in [-0.2, -0.15) is 0 Å². The summed E-state index contributed by atoms with van der Waals surface area (Å²) >= 11 is 0. The first-order chi connectivity index (χ1) is 17.9. The van der Waals surface area contributed by atoms with Gasteiger partial charge in [-0.1, -0.05) is 139 Å². The summed E-state index contributed by atoms with van der Waals surface area (Å²) in [4.78, 5) is 0. The third-order valence-electron chi connectivity index (χ3n) is 7.64. The Morgan fingerprint density at radius 3 is 1.39 bits per heavy atom. The fourth-order valence-corrected chi connectivity index (χ4v) is 10.1. The molecule has 2 nitrogen and oxygen atoms in total. The fourth-order valence-electron chi connectivity index (χ4n) is 4.41. The Balaban J connectivity index is 1.81. The molecule has 38 heavy (non-hydrogen) atoms. The molecule has 0 saturated carbocycles. The van der Waals surface area contributed by atoms with Gasteiger partial charge in [-0.05, 0) is 59.2 Å². The van der Waals surface area contributed by atoms with E-state index >= 15 is 0 Å². The van der Waals surface area contributed by atoms with E-state index in [1.807, 2.05) is 0 Å². The van der Waals surface area contributed by atoms with Gasteiger partial charge < -0.3 is 8.85 Å². The van der Waals surface area contributed by atoms with E-state index in [9.17, 15) is 0 Å². The maximum atomic E-state index is 6.97. The maximum absolute atomic E-state index is 6.97. The van der Waals surface area contributed by atoms with Gasteiger partial charge in [-0.25, -0.2) is 0 Å². The predicted molar refractivity (Wildman–Crippen MR) is 173 cm³/mol. The highest BCUT2D eigenvalue weighted by Gasteiger charge is 2.49. The van der Waals surface area contributed by atoms with Gasteiger partial charge in [0.15, 0.2) is 8.32 Å². The minimum absolute atomic E-state index is 0.0253. The zero-order chi connectivity index (χ0) is 28.1. The van der Waals surface area contributed by atoms with Crippen molar-refractivity contribution in [2.45, 2.75) is 90.4 Å². The Labute approximate surface area is 236 Å². The summed E-state index contributed by atoms with van der Waals surface area (Å²) in [5.41, 5.74) is 0. The summed E-state index contributed by atoms with van der Waals surface area (Å²) in [6.45, 7) is 20.1. The van der Waals surface area contributed by atoms with Crippen LogP contribution < -0.4 is 10.4 Å². The summed E-state index contributed by atoms with van der Waals surface area (Å²) in [6.07, 6.45) is 17.2. The molecule has 4 heteroatoms. The Bertz CT molecular complexity index is 970. The monoisotopic (exact) mass is 548 g/mol. The highest BCUT2D eigenvalue weighted by molar-refractivity contribution is 6.99. The first-order valence-corrected chi connectivity index (χ1v) is 19.1. The van der Waals surface area contributed by atoms with Gasteiger partial charge in [0, 0.05) is 13.2 Å². The number of benzene rings is 2. The molecule has 2 aromatic carbocycles. The first-order valence-electron chi connectivity index (χ1n) is 14.3. The molecule has 0 N–H and O–H groups in total. The Hall–Kier alpha value is -1.99. The lowest BCUT2D eigenvalue weighted by Crippen LogP contribution is -2.66. The van der Waals surface area contributed by atoms with Crippen LogP contribution in [0.2, 0.25) is 23.2 Å². The van der Waals surface area contributed by atoms with Crippen molar-refractivity contribution in [3.05, 3.63) is 97.1 Å². The number of rotatable bonds is 14. The lowest BCUT2D eigenvalue weighted by molar-refractivity contribution is 0.283. The van der Waals surface area contributed by atoms with Gasteiger partial charge in [0.05, 0.1) is 0 Å². The molecule has 0 bridgehead atoms. The topological polar surface area (TPSA) is 18.5 Å². The molecule has 0 aliphatic carbocycles. The Morgan fingerprint density at radius 1 is 0.579 bits per heavy atom. The van der Waals surface area contributed by atoms with Gasteiger partial charge in [0.2, 0.25) is 0 Å². The van der Waals surface area contributed by atoms with Crippen molar-refractivity contribution < 1.29 is 8.85 Å².